The van der Waals surface area contributed by atoms with Crippen LogP contribution in [0.4, 0.5) is 4.39 Å². The van der Waals surface area contributed by atoms with Gasteiger partial charge in [0.25, 0.3) is 0 Å². The van der Waals surface area contributed by atoms with Crippen molar-refractivity contribution in [3.05, 3.63) is 52.5 Å². The first-order chi connectivity index (χ1) is 14.1. The Morgan fingerprint density at radius 2 is 1.97 bits per heavy atom. The van der Waals surface area contributed by atoms with Crippen molar-refractivity contribution < 1.29 is 14.2 Å². The lowest BCUT2D eigenvalue weighted by Gasteiger charge is -2.36. The molecule has 0 bridgehead atoms. The second-order valence-electron chi connectivity index (χ2n) is 6.96. The van der Waals surface area contributed by atoms with Crippen molar-refractivity contribution in [1.82, 2.24) is 15.1 Å². The summed E-state index contributed by atoms with van der Waals surface area (Å²) in [6.45, 7) is 7.95. The van der Waals surface area contributed by atoms with E-state index in [2.05, 4.69) is 37.6 Å². The Kier molecular flexibility index (Phi) is 10.8. The first kappa shape index (κ1) is 24.8. The third kappa shape index (κ3) is 8.01. The number of nitrogens with zero attached hydrogens (tertiary/aromatic N) is 3. The average molecular weight is 548 g/mol. The fourth-order valence-corrected chi connectivity index (χ4v) is 3.88. The van der Waals surface area contributed by atoms with Crippen molar-refractivity contribution in [2.75, 3.05) is 45.9 Å². The van der Waals surface area contributed by atoms with Gasteiger partial charge in [-0.15, -0.1) is 35.3 Å². The molecule has 1 aromatic heterocycles. The summed E-state index contributed by atoms with van der Waals surface area (Å²) >= 11 is 1.80. The van der Waals surface area contributed by atoms with Gasteiger partial charge in [-0.3, -0.25) is 9.89 Å². The number of benzene rings is 1. The van der Waals surface area contributed by atoms with Gasteiger partial charge in [0.2, 0.25) is 0 Å². The van der Waals surface area contributed by atoms with Crippen LogP contribution in [0.15, 0.2) is 46.8 Å². The van der Waals surface area contributed by atoms with Gasteiger partial charge >= 0.3 is 0 Å². The third-order valence-corrected chi connectivity index (χ3v) is 5.54. The molecule has 6 nitrogen and oxygen atoms in total. The maximum absolute atomic E-state index is 12.9. The lowest BCUT2D eigenvalue weighted by Crippen LogP contribution is -2.52. The number of thiophene rings is 1. The molecule has 1 fully saturated rings. The number of hydrogen-bond acceptors (Lipinski definition) is 5. The van der Waals surface area contributed by atoms with Crippen LogP contribution in [0.1, 0.15) is 11.8 Å². The topological polar surface area (TPSA) is 60.3 Å². The molecule has 9 heteroatoms. The number of ether oxygens (including phenoxy) is 1. The fourth-order valence-electron chi connectivity index (χ4n) is 3.13. The first-order valence-electron chi connectivity index (χ1n) is 9.98. The van der Waals surface area contributed by atoms with Crippen molar-refractivity contribution in [3.63, 3.8) is 0 Å². The highest BCUT2D eigenvalue weighted by atomic mass is 127. The number of rotatable bonds is 8. The standard InChI is InChI=1S/C21H29FN4O2S.HI/c1-2-23-21(24-14-18(27)16-28-19-7-5-17(22)6-8-19)26-11-9-25(10-12-26)15-20-4-3-13-29-20;/h3-8,13,18,27H,2,9-12,14-16H2,1H3,(H,23,24);1H. The van der Waals surface area contributed by atoms with E-state index in [1.54, 1.807) is 23.5 Å². The number of aliphatic imine (C=N–C) groups is 1. The largest absolute Gasteiger partial charge is 0.491 e. The zero-order valence-corrected chi connectivity index (χ0v) is 20.3. The third-order valence-electron chi connectivity index (χ3n) is 4.67. The molecule has 2 aromatic rings. The maximum Gasteiger partial charge on any atom is 0.194 e. The molecule has 0 spiro atoms. The predicted molar refractivity (Wildman–Crippen MR) is 130 cm³/mol. The molecule has 1 unspecified atom stereocenters. The van der Waals surface area contributed by atoms with E-state index in [0.29, 0.717) is 5.75 Å². The lowest BCUT2D eigenvalue weighted by atomic mass is 10.3. The molecule has 1 aromatic carbocycles. The summed E-state index contributed by atoms with van der Waals surface area (Å²) in [5.41, 5.74) is 0. The monoisotopic (exact) mass is 548 g/mol. The van der Waals surface area contributed by atoms with Gasteiger partial charge in [-0.05, 0) is 42.6 Å². The Hall–Kier alpha value is -1.43. The summed E-state index contributed by atoms with van der Waals surface area (Å²) in [6.07, 6.45) is -0.728. The van der Waals surface area contributed by atoms with Crippen LogP contribution in [0.25, 0.3) is 0 Å². The van der Waals surface area contributed by atoms with Crippen molar-refractivity contribution in [2.24, 2.45) is 4.99 Å². The van der Waals surface area contributed by atoms with E-state index in [-0.39, 0.29) is 42.9 Å². The number of guanidine groups is 1. The molecule has 1 aliphatic heterocycles. The van der Waals surface area contributed by atoms with Gasteiger partial charge in [0, 0.05) is 44.1 Å². The Labute approximate surface area is 198 Å². The molecule has 1 saturated heterocycles. The zero-order chi connectivity index (χ0) is 20.5. The number of hydrogen-bond donors (Lipinski definition) is 2. The highest BCUT2D eigenvalue weighted by molar-refractivity contribution is 14.0. The van der Waals surface area contributed by atoms with E-state index < -0.39 is 6.10 Å². The normalized spacial score (nSPS) is 16.1. The van der Waals surface area contributed by atoms with Crippen molar-refractivity contribution in [2.45, 2.75) is 19.6 Å². The molecule has 0 aliphatic carbocycles. The van der Waals surface area contributed by atoms with Gasteiger partial charge in [-0.1, -0.05) is 6.07 Å². The average Bonchev–Trinajstić information content (AvgIpc) is 3.24. The molecular weight excluding hydrogens is 518 g/mol. The van der Waals surface area contributed by atoms with Gasteiger partial charge in [0.15, 0.2) is 5.96 Å². The van der Waals surface area contributed by atoms with Gasteiger partial charge in [-0.2, -0.15) is 0 Å². The van der Waals surface area contributed by atoms with Gasteiger partial charge in [0.1, 0.15) is 24.3 Å². The number of aliphatic hydroxyl groups excluding tert-OH is 1. The second kappa shape index (κ2) is 13.1. The van der Waals surface area contributed by atoms with E-state index in [9.17, 15) is 9.50 Å². The SMILES string of the molecule is CCNC(=NCC(O)COc1ccc(F)cc1)N1CCN(Cc2cccs2)CC1.I. The minimum Gasteiger partial charge on any atom is -0.491 e. The Morgan fingerprint density at radius 1 is 1.23 bits per heavy atom. The van der Waals surface area contributed by atoms with E-state index in [1.165, 1.54) is 17.0 Å². The maximum atomic E-state index is 12.9. The van der Waals surface area contributed by atoms with E-state index in [0.717, 1.165) is 45.2 Å². The lowest BCUT2D eigenvalue weighted by molar-refractivity contribution is 0.113. The Bertz CT molecular complexity index is 753. The molecule has 166 valence electrons. The van der Waals surface area contributed by atoms with Crippen LogP contribution in [-0.4, -0.2) is 72.8 Å². The quantitative estimate of drug-likeness (QED) is 0.302. The van der Waals surface area contributed by atoms with Crippen LogP contribution in [0.5, 0.6) is 5.75 Å². The summed E-state index contributed by atoms with van der Waals surface area (Å²) in [4.78, 5) is 10.7. The molecule has 3 rings (SSSR count). The van der Waals surface area contributed by atoms with Crippen LogP contribution >= 0.6 is 35.3 Å². The first-order valence-corrected chi connectivity index (χ1v) is 10.9. The van der Waals surface area contributed by atoms with Crippen LogP contribution < -0.4 is 10.1 Å². The van der Waals surface area contributed by atoms with Crippen molar-refractivity contribution in [1.29, 1.82) is 0 Å². The smallest absolute Gasteiger partial charge is 0.194 e. The minimum atomic E-state index is -0.728. The minimum absolute atomic E-state index is 0. The fraction of sp³-hybridized carbons (Fsp3) is 0.476. The van der Waals surface area contributed by atoms with Crippen LogP contribution in [0, 0.1) is 5.82 Å². The molecule has 0 radical (unpaired) electrons. The highest BCUT2D eigenvalue weighted by Crippen LogP contribution is 2.14. The summed E-state index contributed by atoms with van der Waals surface area (Å²) in [7, 11) is 0. The van der Waals surface area contributed by atoms with Crippen LogP contribution in [-0.2, 0) is 6.54 Å². The molecule has 1 atom stereocenters. The predicted octanol–water partition coefficient (Wildman–Crippen LogP) is 3.03. The number of halogens is 2. The van der Waals surface area contributed by atoms with Crippen LogP contribution in [0.2, 0.25) is 0 Å². The molecule has 2 N–H and O–H groups in total. The number of piperazine rings is 1. The van der Waals surface area contributed by atoms with Gasteiger partial charge in [-0.25, -0.2) is 4.39 Å². The van der Waals surface area contributed by atoms with E-state index in [4.69, 9.17) is 4.74 Å². The van der Waals surface area contributed by atoms with Gasteiger partial charge in [0.05, 0.1) is 6.54 Å². The Balaban J connectivity index is 0.00000320. The summed E-state index contributed by atoms with van der Waals surface area (Å²) < 4.78 is 18.4. The summed E-state index contributed by atoms with van der Waals surface area (Å²) in [5, 5.41) is 15.6. The van der Waals surface area contributed by atoms with Gasteiger partial charge < -0.3 is 20.1 Å². The summed E-state index contributed by atoms with van der Waals surface area (Å²) in [6, 6.07) is 10.0. The van der Waals surface area contributed by atoms with Crippen molar-refractivity contribution >= 4 is 41.3 Å². The molecule has 0 amide bonds. The molecular formula is C21H30FIN4O2S. The number of nitrogens with one attached hydrogen (secondary N) is 1. The van der Waals surface area contributed by atoms with E-state index >= 15 is 0 Å². The molecule has 2 heterocycles. The Morgan fingerprint density at radius 3 is 2.60 bits per heavy atom. The van der Waals surface area contributed by atoms with E-state index in [1.807, 2.05) is 6.92 Å². The number of aliphatic hydroxyl groups is 1. The van der Waals surface area contributed by atoms with Crippen molar-refractivity contribution in [3.8, 4) is 5.75 Å². The second-order valence-corrected chi connectivity index (χ2v) is 7.99. The summed E-state index contributed by atoms with van der Waals surface area (Å²) in [5.74, 6) is 1.04. The highest BCUT2D eigenvalue weighted by Gasteiger charge is 2.20. The molecule has 30 heavy (non-hydrogen) atoms. The molecule has 1 aliphatic rings. The molecule has 0 saturated carbocycles. The zero-order valence-electron chi connectivity index (χ0n) is 17.2. The van der Waals surface area contributed by atoms with Crippen LogP contribution in [0.3, 0.4) is 0 Å².